The summed E-state index contributed by atoms with van der Waals surface area (Å²) >= 11 is 1.79. The Labute approximate surface area is 183 Å². The fourth-order valence-electron chi connectivity index (χ4n) is 4.33. The van der Waals surface area contributed by atoms with E-state index >= 15 is 0 Å². The summed E-state index contributed by atoms with van der Waals surface area (Å²) in [6.45, 7) is 4.80. The van der Waals surface area contributed by atoms with Crippen LogP contribution in [0, 0.1) is 0 Å². The van der Waals surface area contributed by atoms with Crippen LogP contribution in [0.5, 0.6) is 0 Å². The molecule has 1 atom stereocenters. The zero-order valence-corrected chi connectivity index (χ0v) is 18.5. The minimum absolute atomic E-state index is 0.119. The first-order chi connectivity index (χ1) is 14.7. The second-order valence-corrected chi connectivity index (χ2v) is 8.91. The van der Waals surface area contributed by atoms with Crippen LogP contribution in [0.15, 0.2) is 46.8 Å². The molecule has 0 bridgehead atoms. The Balaban J connectivity index is 1.30. The van der Waals surface area contributed by atoms with E-state index in [9.17, 15) is 4.79 Å². The van der Waals surface area contributed by atoms with E-state index < -0.39 is 0 Å². The SMILES string of the molecule is CN=C(NCC(=O)N1CCc2sccc2C1)NCC(c1ccccc1)N1CCCC1. The third-order valence-corrected chi connectivity index (χ3v) is 7.04. The Morgan fingerprint density at radius 3 is 2.70 bits per heavy atom. The fourth-order valence-corrected chi connectivity index (χ4v) is 5.22. The number of nitrogens with one attached hydrogen (secondary N) is 2. The number of aliphatic imine (C=N–C) groups is 1. The van der Waals surface area contributed by atoms with Crippen molar-refractivity contribution < 1.29 is 4.79 Å². The van der Waals surface area contributed by atoms with Gasteiger partial charge in [-0.05, 0) is 54.9 Å². The van der Waals surface area contributed by atoms with Gasteiger partial charge in [0.05, 0.1) is 12.6 Å². The molecular weight excluding hydrogens is 394 g/mol. The Bertz CT molecular complexity index is 859. The molecule has 7 heteroatoms. The first-order valence-corrected chi connectivity index (χ1v) is 11.7. The van der Waals surface area contributed by atoms with Gasteiger partial charge in [-0.1, -0.05) is 30.3 Å². The summed E-state index contributed by atoms with van der Waals surface area (Å²) in [6.07, 6.45) is 3.47. The largest absolute Gasteiger partial charge is 0.354 e. The Hall–Kier alpha value is -2.38. The van der Waals surface area contributed by atoms with Gasteiger partial charge in [-0.2, -0.15) is 0 Å². The van der Waals surface area contributed by atoms with E-state index in [1.807, 2.05) is 4.90 Å². The molecule has 0 aliphatic carbocycles. The van der Waals surface area contributed by atoms with Crippen LogP contribution >= 0.6 is 11.3 Å². The summed E-state index contributed by atoms with van der Waals surface area (Å²) in [5.41, 5.74) is 2.61. The average Bonchev–Trinajstić information content (AvgIpc) is 3.48. The molecule has 1 amide bonds. The van der Waals surface area contributed by atoms with Crippen molar-refractivity contribution in [2.75, 3.05) is 39.8 Å². The summed E-state index contributed by atoms with van der Waals surface area (Å²) in [7, 11) is 1.76. The molecule has 1 unspecified atom stereocenters. The number of guanidine groups is 1. The molecular formula is C23H31N5OS. The molecule has 2 aliphatic heterocycles. The van der Waals surface area contributed by atoms with Crippen LogP contribution < -0.4 is 10.6 Å². The Kier molecular flexibility index (Phi) is 7.02. The third-order valence-electron chi connectivity index (χ3n) is 6.02. The predicted octanol–water partition coefficient (Wildman–Crippen LogP) is 2.63. The number of hydrogen-bond acceptors (Lipinski definition) is 4. The average molecular weight is 426 g/mol. The fraction of sp³-hybridized carbons (Fsp3) is 0.478. The van der Waals surface area contributed by atoms with Gasteiger partial charge < -0.3 is 15.5 Å². The lowest BCUT2D eigenvalue weighted by Crippen LogP contribution is -2.47. The first-order valence-electron chi connectivity index (χ1n) is 10.8. The van der Waals surface area contributed by atoms with Crippen LogP contribution in [0.4, 0.5) is 0 Å². The Morgan fingerprint density at radius 2 is 1.93 bits per heavy atom. The molecule has 160 valence electrons. The highest BCUT2D eigenvalue weighted by atomic mass is 32.1. The van der Waals surface area contributed by atoms with Gasteiger partial charge >= 0.3 is 0 Å². The van der Waals surface area contributed by atoms with E-state index in [1.165, 1.54) is 28.8 Å². The van der Waals surface area contributed by atoms with Gasteiger partial charge in [-0.3, -0.25) is 14.7 Å². The standard InChI is InChI=1S/C23H31N5OS/c1-24-23(26-16-22(29)28-13-9-21-19(17-28)10-14-30-21)25-15-20(27-11-5-6-12-27)18-7-3-2-4-8-18/h2-4,7-8,10,14,20H,5-6,9,11-13,15-17H2,1H3,(H2,24,25,26). The van der Waals surface area contributed by atoms with Gasteiger partial charge in [0.15, 0.2) is 5.96 Å². The van der Waals surface area contributed by atoms with Gasteiger partial charge in [-0.15, -0.1) is 11.3 Å². The number of hydrogen-bond donors (Lipinski definition) is 2. The number of carbonyl (C=O) groups is 1. The van der Waals surface area contributed by atoms with Crippen molar-refractivity contribution in [2.45, 2.75) is 31.8 Å². The van der Waals surface area contributed by atoms with Gasteiger partial charge in [-0.25, -0.2) is 0 Å². The van der Waals surface area contributed by atoms with Crippen molar-refractivity contribution in [1.82, 2.24) is 20.4 Å². The number of benzene rings is 1. The topological polar surface area (TPSA) is 60.0 Å². The molecule has 30 heavy (non-hydrogen) atoms. The summed E-state index contributed by atoms with van der Waals surface area (Å²) in [5.74, 6) is 0.797. The molecule has 4 rings (SSSR count). The van der Waals surface area contributed by atoms with Crippen molar-refractivity contribution in [3.8, 4) is 0 Å². The molecule has 1 aromatic heterocycles. The van der Waals surface area contributed by atoms with Crippen LogP contribution in [-0.2, 0) is 17.8 Å². The third kappa shape index (κ3) is 5.02. The Morgan fingerprint density at radius 1 is 1.13 bits per heavy atom. The molecule has 0 radical (unpaired) electrons. The molecule has 2 aromatic rings. The van der Waals surface area contributed by atoms with Crippen molar-refractivity contribution in [2.24, 2.45) is 4.99 Å². The predicted molar refractivity (Wildman–Crippen MR) is 123 cm³/mol. The molecule has 0 saturated carbocycles. The quantitative estimate of drug-likeness (QED) is 0.552. The monoisotopic (exact) mass is 425 g/mol. The highest BCUT2D eigenvalue weighted by molar-refractivity contribution is 7.10. The molecule has 0 spiro atoms. The second kappa shape index (κ2) is 10.1. The summed E-state index contributed by atoms with van der Waals surface area (Å²) in [4.78, 5) is 22.9. The lowest BCUT2D eigenvalue weighted by Gasteiger charge is -2.29. The molecule has 6 nitrogen and oxygen atoms in total. The second-order valence-electron chi connectivity index (χ2n) is 7.91. The number of carbonyl (C=O) groups excluding carboxylic acids is 1. The summed E-state index contributed by atoms with van der Waals surface area (Å²) < 4.78 is 0. The van der Waals surface area contributed by atoms with Gasteiger partial charge in [0.2, 0.25) is 5.91 Å². The minimum Gasteiger partial charge on any atom is -0.354 e. The van der Waals surface area contributed by atoms with Crippen molar-refractivity contribution >= 4 is 23.2 Å². The number of amides is 1. The lowest BCUT2D eigenvalue weighted by molar-refractivity contribution is -0.130. The zero-order chi connectivity index (χ0) is 20.8. The number of rotatable bonds is 6. The van der Waals surface area contributed by atoms with Gasteiger partial charge in [0.1, 0.15) is 0 Å². The molecule has 2 aliphatic rings. The van der Waals surface area contributed by atoms with E-state index in [0.717, 1.165) is 39.1 Å². The lowest BCUT2D eigenvalue weighted by atomic mass is 10.1. The molecule has 2 N–H and O–H groups in total. The van der Waals surface area contributed by atoms with E-state index in [2.05, 4.69) is 62.3 Å². The van der Waals surface area contributed by atoms with E-state index in [0.29, 0.717) is 12.0 Å². The maximum Gasteiger partial charge on any atom is 0.242 e. The first kappa shape index (κ1) is 20.9. The number of nitrogens with zero attached hydrogens (tertiary/aromatic N) is 3. The zero-order valence-electron chi connectivity index (χ0n) is 17.6. The molecule has 1 fully saturated rings. The molecule has 1 aromatic carbocycles. The van der Waals surface area contributed by atoms with E-state index in [-0.39, 0.29) is 12.5 Å². The van der Waals surface area contributed by atoms with E-state index in [1.54, 1.807) is 18.4 Å². The summed E-state index contributed by atoms with van der Waals surface area (Å²) in [6, 6.07) is 13.1. The maximum atomic E-state index is 12.7. The van der Waals surface area contributed by atoms with Crippen molar-refractivity contribution in [1.29, 1.82) is 0 Å². The minimum atomic E-state index is 0.119. The number of likely N-dealkylation sites (tertiary alicyclic amines) is 1. The molecule has 1 saturated heterocycles. The van der Waals surface area contributed by atoms with Crippen LogP contribution in [0.1, 0.15) is 34.9 Å². The normalized spacial score (nSPS) is 18.2. The van der Waals surface area contributed by atoms with Crippen LogP contribution in [0.25, 0.3) is 0 Å². The highest BCUT2D eigenvalue weighted by Crippen LogP contribution is 2.25. The van der Waals surface area contributed by atoms with Gasteiger partial charge in [0, 0.05) is 31.6 Å². The summed E-state index contributed by atoms with van der Waals surface area (Å²) in [5, 5.41) is 8.77. The van der Waals surface area contributed by atoms with E-state index in [4.69, 9.17) is 0 Å². The molecule has 3 heterocycles. The van der Waals surface area contributed by atoms with Gasteiger partial charge in [0.25, 0.3) is 0 Å². The maximum absolute atomic E-state index is 12.7. The van der Waals surface area contributed by atoms with Crippen molar-refractivity contribution in [3.05, 3.63) is 57.8 Å². The number of fused-ring (bicyclic) bond motifs is 1. The van der Waals surface area contributed by atoms with Crippen molar-refractivity contribution in [3.63, 3.8) is 0 Å². The highest BCUT2D eigenvalue weighted by Gasteiger charge is 2.24. The van der Waals surface area contributed by atoms with Crippen LogP contribution in [0.3, 0.4) is 0 Å². The smallest absolute Gasteiger partial charge is 0.242 e. The number of thiophene rings is 1. The van der Waals surface area contributed by atoms with Crippen LogP contribution in [0.2, 0.25) is 0 Å². The van der Waals surface area contributed by atoms with Crippen LogP contribution in [-0.4, -0.2) is 61.4 Å².